The second kappa shape index (κ2) is 6.80. The molecule has 1 aromatic heterocycles. The number of nitrogens with zero attached hydrogens (tertiary/aromatic N) is 3. The van der Waals surface area contributed by atoms with Crippen LogP contribution in [0.25, 0.3) is 11.3 Å². The number of benzene rings is 2. The predicted octanol–water partition coefficient (Wildman–Crippen LogP) is 6.18. The minimum absolute atomic E-state index is 0.391. The number of aliphatic imine (C=N–C) groups is 1. The van der Waals surface area contributed by atoms with Crippen LogP contribution in [0.3, 0.4) is 0 Å². The summed E-state index contributed by atoms with van der Waals surface area (Å²) in [4.78, 5) is 14.8. The highest BCUT2D eigenvalue weighted by Gasteiger charge is 2.32. The second-order valence-electron chi connectivity index (χ2n) is 8.52. The van der Waals surface area contributed by atoms with Crippen LogP contribution in [0, 0.1) is 27.7 Å². The van der Waals surface area contributed by atoms with E-state index in [1.165, 1.54) is 16.7 Å². The molecule has 0 spiro atoms. The fourth-order valence-electron chi connectivity index (χ4n) is 4.33. The molecule has 2 aromatic carbocycles. The van der Waals surface area contributed by atoms with E-state index in [1.54, 1.807) is 0 Å². The summed E-state index contributed by atoms with van der Waals surface area (Å²) in [5.74, 6) is 0.619. The Bertz CT molecular complexity index is 1130. The summed E-state index contributed by atoms with van der Waals surface area (Å²) in [5, 5.41) is 3.43. The average Bonchev–Trinajstić information content (AvgIpc) is 2.72. The van der Waals surface area contributed by atoms with Crippen molar-refractivity contribution in [3.8, 4) is 11.3 Å². The van der Waals surface area contributed by atoms with Crippen molar-refractivity contribution in [2.45, 2.75) is 54.0 Å². The molecule has 0 bridgehead atoms. The van der Waals surface area contributed by atoms with E-state index in [-0.39, 0.29) is 0 Å². The Kier molecular flexibility index (Phi) is 4.53. The van der Waals surface area contributed by atoms with Crippen molar-refractivity contribution in [2.75, 3.05) is 5.32 Å². The molecular weight excluding hydrogens is 356 g/mol. The van der Waals surface area contributed by atoms with E-state index in [0.717, 1.165) is 39.5 Å². The first-order valence-electron chi connectivity index (χ1n) is 10.1. The third-order valence-electron chi connectivity index (χ3n) is 5.90. The summed E-state index contributed by atoms with van der Waals surface area (Å²) in [6.45, 7) is 14.8. The van der Waals surface area contributed by atoms with Gasteiger partial charge in [0.15, 0.2) is 0 Å². The van der Waals surface area contributed by atoms with Gasteiger partial charge in [-0.2, -0.15) is 0 Å². The standard InChI is InChI=1S/C25H28N4/c1-14-12-19(13-15(2)16(14)3)27-24-26-18(5)22-23(28-24)21-11-9-8-10-20(21)17(4)29-25(22,6)7/h8-13H,1-7H3,(H,26,27,28). The Morgan fingerprint density at radius 2 is 1.45 bits per heavy atom. The van der Waals surface area contributed by atoms with Gasteiger partial charge in [0.25, 0.3) is 0 Å². The van der Waals surface area contributed by atoms with E-state index in [4.69, 9.17) is 15.0 Å². The number of aryl methyl sites for hydroxylation is 3. The summed E-state index contributed by atoms with van der Waals surface area (Å²) in [5.41, 5.74) is 10.7. The first kappa shape index (κ1) is 19.3. The molecule has 0 aliphatic carbocycles. The largest absolute Gasteiger partial charge is 0.324 e. The minimum Gasteiger partial charge on any atom is -0.324 e. The zero-order valence-corrected chi connectivity index (χ0v) is 18.3. The Labute approximate surface area is 173 Å². The summed E-state index contributed by atoms with van der Waals surface area (Å²) in [6, 6.07) is 12.7. The van der Waals surface area contributed by atoms with E-state index >= 15 is 0 Å². The van der Waals surface area contributed by atoms with Crippen molar-refractivity contribution in [3.63, 3.8) is 0 Å². The quantitative estimate of drug-likeness (QED) is 0.574. The number of anilines is 2. The molecule has 1 aliphatic heterocycles. The lowest BCUT2D eigenvalue weighted by Crippen LogP contribution is -2.19. The molecule has 0 saturated heterocycles. The van der Waals surface area contributed by atoms with Gasteiger partial charge in [-0.05, 0) is 77.3 Å². The van der Waals surface area contributed by atoms with E-state index in [9.17, 15) is 0 Å². The molecule has 29 heavy (non-hydrogen) atoms. The Morgan fingerprint density at radius 3 is 2.10 bits per heavy atom. The minimum atomic E-state index is -0.391. The van der Waals surface area contributed by atoms with Gasteiger partial charge < -0.3 is 5.32 Å². The third-order valence-corrected chi connectivity index (χ3v) is 5.90. The van der Waals surface area contributed by atoms with Crippen LogP contribution in [0.4, 0.5) is 11.6 Å². The van der Waals surface area contributed by atoms with Crippen LogP contribution in [0.1, 0.15) is 54.3 Å². The zero-order chi connectivity index (χ0) is 20.9. The maximum atomic E-state index is 5.01. The number of fused-ring (bicyclic) bond motifs is 3. The van der Waals surface area contributed by atoms with Crippen LogP contribution in [-0.2, 0) is 5.54 Å². The molecule has 0 radical (unpaired) electrons. The van der Waals surface area contributed by atoms with Crippen LogP contribution >= 0.6 is 0 Å². The molecule has 1 N–H and O–H groups in total. The molecule has 3 aromatic rings. The highest BCUT2D eigenvalue weighted by Crippen LogP contribution is 2.40. The number of hydrogen-bond donors (Lipinski definition) is 1. The normalized spacial score (nSPS) is 14.5. The van der Waals surface area contributed by atoms with E-state index in [0.29, 0.717) is 5.95 Å². The van der Waals surface area contributed by atoms with Crippen LogP contribution < -0.4 is 5.32 Å². The Balaban J connectivity index is 1.90. The van der Waals surface area contributed by atoms with Gasteiger partial charge in [0.1, 0.15) is 0 Å². The van der Waals surface area contributed by atoms with Gasteiger partial charge >= 0.3 is 0 Å². The Morgan fingerprint density at radius 1 is 0.828 bits per heavy atom. The highest BCUT2D eigenvalue weighted by molar-refractivity contribution is 6.05. The maximum Gasteiger partial charge on any atom is 0.228 e. The molecule has 4 heteroatoms. The smallest absolute Gasteiger partial charge is 0.228 e. The van der Waals surface area contributed by atoms with Crippen molar-refractivity contribution < 1.29 is 0 Å². The molecule has 1 aliphatic rings. The van der Waals surface area contributed by atoms with Crippen molar-refractivity contribution >= 4 is 17.3 Å². The lowest BCUT2D eigenvalue weighted by atomic mass is 9.89. The highest BCUT2D eigenvalue weighted by atomic mass is 15.1. The third kappa shape index (κ3) is 3.33. The second-order valence-corrected chi connectivity index (χ2v) is 8.52. The molecule has 2 heterocycles. The fraction of sp³-hybridized carbons (Fsp3) is 0.320. The summed E-state index contributed by atoms with van der Waals surface area (Å²) < 4.78 is 0. The van der Waals surface area contributed by atoms with E-state index in [2.05, 4.69) is 90.2 Å². The van der Waals surface area contributed by atoms with Crippen LogP contribution in [0.15, 0.2) is 41.4 Å². The molecule has 0 amide bonds. The molecular formula is C25H28N4. The SMILES string of the molecule is CC1=NC(C)(C)c2c(C)nc(Nc3cc(C)c(C)c(C)c3)nc2-c2ccccc21. The van der Waals surface area contributed by atoms with E-state index in [1.807, 2.05) is 0 Å². The summed E-state index contributed by atoms with van der Waals surface area (Å²) in [6.07, 6.45) is 0. The molecule has 4 rings (SSSR count). The lowest BCUT2D eigenvalue weighted by Gasteiger charge is -2.24. The first-order chi connectivity index (χ1) is 13.7. The zero-order valence-electron chi connectivity index (χ0n) is 18.3. The summed E-state index contributed by atoms with van der Waals surface area (Å²) >= 11 is 0. The van der Waals surface area contributed by atoms with Crippen molar-refractivity contribution in [1.29, 1.82) is 0 Å². The summed E-state index contributed by atoms with van der Waals surface area (Å²) in [7, 11) is 0. The number of hydrogen-bond acceptors (Lipinski definition) is 4. The van der Waals surface area contributed by atoms with Crippen molar-refractivity contribution in [2.24, 2.45) is 4.99 Å². The van der Waals surface area contributed by atoms with Gasteiger partial charge in [0, 0.05) is 33.8 Å². The van der Waals surface area contributed by atoms with Gasteiger partial charge in [-0.15, -0.1) is 0 Å². The number of rotatable bonds is 2. The number of nitrogens with one attached hydrogen (secondary N) is 1. The van der Waals surface area contributed by atoms with Crippen LogP contribution in [-0.4, -0.2) is 15.7 Å². The monoisotopic (exact) mass is 384 g/mol. The first-order valence-corrected chi connectivity index (χ1v) is 10.1. The molecule has 4 nitrogen and oxygen atoms in total. The average molecular weight is 385 g/mol. The van der Waals surface area contributed by atoms with Crippen LogP contribution in [0.5, 0.6) is 0 Å². The van der Waals surface area contributed by atoms with Crippen LogP contribution in [0.2, 0.25) is 0 Å². The Hall–Kier alpha value is -3.01. The number of aromatic nitrogens is 2. The predicted molar refractivity (Wildman–Crippen MR) is 121 cm³/mol. The van der Waals surface area contributed by atoms with E-state index < -0.39 is 5.54 Å². The van der Waals surface area contributed by atoms with Crippen molar-refractivity contribution in [1.82, 2.24) is 9.97 Å². The van der Waals surface area contributed by atoms with Crippen molar-refractivity contribution in [3.05, 3.63) is 69.9 Å². The molecule has 148 valence electrons. The molecule has 0 unspecified atom stereocenters. The van der Waals surface area contributed by atoms with Gasteiger partial charge in [-0.3, -0.25) is 4.99 Å². The molecule has 0 atom stereocenters. The topological polar surface area (TPSA) is 50.2 Å². The fourth-order valence-corrected chi connectivity index (χ4v) is 4.33. The molecule has 0 fully saturated rings. The van der Waals surface area contributed by atoms with Gasteiger partial charge in [0.2, 0.25) is 5.95 Å². The molecule has 0 saturated carbocycles. The van der Waals surface area contributed by atoms with Gasteiger partial charge in [0.05, 0.1) is 11.2 Å². The lowest BCUT2D eigenvalue weighted by molar-refractivity contribution is 0.552. The van der Waals surface area contributed by atoms with Gasteiger partial charge in [-0.25, -0.2) is 9.97 Å². The van der Waals surface area contributed by atoms with Gasteiger partial charge in [-0.1, -0.05) is 24.3 Å². The maximum absolute atomic E-state index is 5.01.